The van der Waals surface area contributed by atoms with Crippen LogP contribution in [0.4, 0.5) is 0 Å². The van der Waals surface area contributed by atoms with Gasteiger partial charge < -0.3 is 5.32 Å². The van der Waals surface area contributed by atoms with E-state index < -0.39 is 0 Å². The lowest BCUT2D eigenvalue weighted by Gasteiger charge is -2.20. The predicted molar refractivity (Wildman–Crippen MR) is 92.3 cm³/mol. The summed E-state index contributed by atoms with van der Waals surface area (Å²) in [6, 6.07) is 8.19. The molecule has 0 atom stereocenters. The Labute approximate surface area is 139 Å². The number of thioether (sulfide) groups is 1. The van der Waals surface area contributed by atoms with Crippen molar-refractivity contribution in [2.45, 2.75) is 43.5 Å². The van der Waals surface area contributed by atoms with Gasteiger partial charge in [-0.2, -0.15) is 0 Å². The number of nitrogens with zero attached hydrogens (tertiary/aromatic N) is 2. The molecule has 1 aromatic heterocycles. The van der Waals surface area contributed by atoms with Crippen LogP contribution in [0.1, 0.15) is 32.2 Å². The molecule has 21 heavy (non-hydrogen) atoms. The molecule has 0 saturated heterocycles. The third kappa shape index (κ3) is 5.77. The van der Waals surface area contributed by atoms with Crippen molar-refractivity contribution in [3.63, 3.8) is 0 Å². The Bertz CT molecular complexity index is 579. The third-order valence-corrected chi connectivity index (χ3v) is 4.80. The van der Waals surface area contributed by atoms with E-state index in [-0.39, 0.29) is 5.54 Å². The van der Waals surface area contributed by atoms with Crippen LogP contribution in [-0.4, -0.2) is 15.5 Å². The Kier molecular flexibility index (Phi) is 5.79. The zero-order chi connectivity index (χ0) is 15.3. The van der Waals surface area contributed by atoms with Gasteiger partial charge in [-0.15, -0.1) is 11.8 Å². The highest BCUT2D eigenvalue weighted by molar-refractivity contribution is 9.10. The first-order chi connectivity index (χ1) is 9.94. The average molecular weight is 366 g/mol. The molecule has 2 aromatic rings. The molecule has 0 bridgehead atoms. The fraction of sp³-hybridized carbons (Fsp3) is 0.375. The van der Waals surface area contributed by atoms with Gasteiger partial charge in [-0.1, -0.05) is 12.1 Å². The molecule has 0 aliphatic rings. The highest BCUT2D eigenvalue weighted by Gasteiger charge is 2.09. The van der Waals surface area contributed by atoms with Gasteiger partial charge in [0.2, 0.25) is 0 Å². The van der Waals surface area contributed by atoms with E-state index in [4.69, 9.17) is 0 Å². The summed E-state index contributed by atoms with van der Waals surface area (Å²) < 4.78 is 1.11. The van der Waals surface area contributed by atoms with Crippen LogP contribution < -0.4 is 5.32 Å². The summed E-state index contributed by atoms with van der Waals surface area (Å²) in [7, 11) is 0. The third-order valence-electron chi connectivity index (χ3n) is 2.78. The summed E-state index contributed by atoms with van der Waals surface area (Å²) in [6.45, 7) is 7.24. The SMILES string of the molecule is CC(C)(C)NCc1cnc(CSc2ccccc2Br)nc1. The molecule has 112 valence electrons. The minimum absolute atomic E-state index is 0.105. The van der Waals surface area contributed by atoms with Crippen LogP contribution in [0.2, 0.25) is 0 Å². The molecule has 5 heteroatoms. The minimum atomic E-state index is 0.105. The number of nitrogens with one attached hydrogen (secondary N) is 1. The van der Waals surface area contributed by atoms with Gasteiger partial charge in [-0.3, -0.25) is 0 Å². The van der Waals surface area contributed by atoms with Crippen molar-refractivity contribution in [2.75, 3.05) is 0 Å². The number of halogens is 1. The van der Waals surface area contributed by atoms with Gasteiger partial charge in [-0.25, -0.2) is 9.97 Å². The first-order valence-corrected chi connectivity index (χ1v) is 8.64. The number of hydrogen-bond acceptors (Lipinski definition) is 4. The molecule has 1 N–H and O–H groups in total. The average Bonchev–Trinajstić information content (AvgIpc) is 2.45. The normalized spacial score (nSPS) is 11.6. The van der Waals surface area contributed by atoms with Gasteiger partial charge in [0.15, 0.2) is 0 Å². The number of rotatable bonds is 5. The van der Waals surface area contributed by atoms with Crippen LogP contribution in [0, 0.1) is 0 Å². The summed E-state index contributed by atoms with van der Waals surface area (Å²) in [5.74, 6) is 1.63. The Morgan fingerprint density at radius 3 is 2.43 bits per heavy atom. The van der Waals surface area contributed by atoms with Gasteiger partial charge in [0.1, 0.15) is 5.82 Å². The van der Waals surface area contributed by atoms with Crippen LogP contribution >= 0.6 is 27.7 Å². The molecule has 0 aliphatic carbocycles. The molecular weight excluding hydrogens is 346 g/mol. The lowest BCUT2D eigenvalue weighted by Crippen LogP contribution is -2.35. The van der Waals surface area contributed by atoms with E-state index in [1.165, 1.54) is 4.90 Å². The van der Waals surface area contributed by atoms with Crippen LogP contribution in [0.3, 0.4) is 0 Å². The van der Waals surface area contributed by atoms with E-state index in [1.54, 1.807) is 11.8 Å². The molecule has 0 unspecified atom stereocenters. The molecule has 0 saturated carbocycles. The minimum Gasteiger partial charge on any atom is -0.308 e. The van der Waals surface area contributed by atoms with Crippen molar-refractivity contribution in [2.24, 2.45) is 0 Å². The Hall–Kier alpha value is -0.910. The molecular formula is C16H20BrN3S. The lowest BCUT2D eigenvalue weighted by molar-refractivity contribution is 0.423. The van der Waals surface area contributed by atoms with E-state index in [0.29, 0.717) is 0 Å². The van der Waals surface area contributed by atoms with E-state index in [9.17, 15) is 0 Å². The summed E-state index contributed by atoms with van der Waals surface area (Å²) >= 11 is 5.29. The molecule has 0 fully saturated rings. The van der Waals surface area contributed by atoms with Gasteiger partial charge in [0, 0.05) is 39.4 Å². The van der Waals surface area contributed by atoms with Crippen LogP contribution in [0.15, 0.2) is 46.0 Å². The van der Waals surface area contributed by atoms with E-state index in [0.717, 1.165) is 28.2 Å². The Morgan fingerprint density at radius 1 is 1.14 bits per heavy atom. The smallest absolute Gasteiger partial charge is 0.138 e. The van der Waals surface area contributed by atoms with E-state index in [2.05, 4.69) is 58.1 Å². The highest BCUT2D eigenvalue weighted by Crippen LogP contribution is 2.28. The number of hydrogen-bond donors (Lipinski definition) is 1. The van der Waals surface area contributed by atoms with Crippen molar-refractivity contribution < 1.29 is 0 Å². The highest BCUT2D eigenvalue weighted by atomic mass is 79.9. The van der Waals surface area contributed by atoms with E-state index >= 15 is 0 Å². The van der Waals surface area contributed by atoms with Crippen molar-refractivity contribution >= 4 is 27.7 Å². The quantitative estimate of drug-likeness (QED) is 0.795. The van der Waals surface area contributed by atoms with Crippen LogP contribution in [0.5, 0.6) is 0 Å². The largest absolute Gasteiger partial charge is 0.308 e. The molecule has 3 nitrogen and oxygen atoms in total. The standard InChI is InChI=1S/C16H20BrN3S/c1-16(2,3)20-10-12-8-18-15(19-9-12)11-21-14-7-5-4-6-13(14)17/h4-9,20H,10-11H2,1-3H3. The number of benzene rings is 1. The predicted octanol–water partition coefficient (Wildman–Crippen LogP) is 4.42. The molecule has 0 aliphatic heterocycles. The number of aromatic nitrogens is 2. The van der Waals surface area contributed by atoms with Gasteiger partial charge in [-0.05, 0) is 48.8 Å². The van der Waals surface area contributed by atoms with Crippen molar-refractivity contribution in [3.8, 4) is 0 Å². The second kappa shape index (κ2) is 7.38. The monoisotopic (exact) mass is 365 g/mol. The molecule has 0 radical (unpaired) electrons. The van der Waals surface area contributed by atoms with Crippen LogP contribution in [0.25, 0.3) is 0 Å². The molecule has 0 spiro atoms. The van der Waals surface area contributed by atoms with Crippen LogP contribution in [-0.2, 0) is 12.3 Å². The molecule has 1 heterocycles. The fourth-order valence-corrected chi connectivity index (χ4v) is 3.06. The van der Waals surface area contributed by atoms with Crippen molar-refractivity contribution in [3.05, 3.63) is 52.5 Å². The maximum Gasteiger partial charge on any atom is 0.138 e. The summed E-state index contributed by atoms with van der Waals surface area (Å²) in [6.07, 6.45) is 3.81. The summed E-state index contributed by atoms with van der Waals surface area (Å²) in [5.41, 5.74) is 1.22. The second-order valence-corrected chi connectivity index (χ2v) is 7.70. The Balaban J connectivity index is 1.89. The van der Waals surface area contributed by atoms with Gasteiger partial charge in [0.25, 0.3) is 0 Å². The zero-order valence-electron chi connectivity index (χ0n) is 12.6. The molecule has 1 aromatic carbocycles. The van der Waals surface area contributed by atoms with Crippen molar-refractivity contribution in [1.82, 2.24) is 15.3 Å². The first-order valence-electron chi connectivity index (χ1n) is 6.86. The van der Waals surface area contributed by atoms with E-state index in [1.807, 2.05) is 30.6 Å². The first kappa shape index (κ1) is 16.5. The maximum atomic E-state index is 4.44. The Morgan fingerprint density at radius 2 is 1.81 bits per heavy atom. The summed E-state index contributed by atoms with van der Waals surface area (Å²) in [4.78, 5) is 10.1. The zero-order valence-corrected chi connectivity index (χ0v) is 15.0. The van der Waals surface area contributed by atoms with Gasteiger partial charge in [0.05, 0.1) is 5.75 Å². The fourth-order valence-electron chi connectivity index (χ4n) is 1.62. The molecule has 2 rings (SSSR count). The molecule has 0 amide bonds. The summed E-state index contributed by atoms with van der Waals surface area (Å²) in [5, 5.41) is 3.43. The van der Waals surface area contributed by atoms with Crippen molar-refractivity contribution in [1.29, 1.82) is 0 Å². The lowest BCUT2D eigenvalue weighted by atomic mass is 10.1. The maximum absolute atomic E-state index is 4.44. The van der Waals surface area contributed by atoms with Gasteiger partial charge >= 0.3 is 0 Å². The second-order valence-electron chi connectivity index (χ2n) is 5.83. The topological polar surface area (TPSA) is 37.8 Å².